The lowest BCUT2D eigenvalue weighted by molar-refractivity contribution is 0.395. The van der Waals surface area contributed by atoms with E-state index in [9.17, 15) is 4.79 Å². The minimum atomic E-state index is -0.0443. The third kappa shape index (κ3) is 2.84. The second-order valence-electron chi connectivity index (χ2n) is 8.31. The van der Waals surface area contributed by atoms with E-state index in [4.69, 9.17) is 9.40 Å². The molecule has 162 valence electrons. The fourth-order valence-corrected chi connectivity index (χ4v) is 4.77. The molecule has 4 aromatic heterocycles. The molecule has 9 heteroatoms. The van der Waals surface area contributed by atoms with Crippen molar-refractivity contribution in [2.45, 2.75) is 25.8 Å². The Morgan fingerprint density at radius 1 is 1.09 bits per heavy atom. The van der Waals surface area contributed by atoms with Crippen LogP contribution in [0, 0.1) is 6.92 Å². The van der Waals surface area contributed by atoms with Crippen LogP contribution in [0.5, 0.6) is 0 Å². The van der Waals surface area contributed by atoms with Gasteiger partial charge in [-0.25, -0.2) is 19.7 Å². The van der Waals surface area contributed by atoms with E-state index in [1.54, 1.807) is 6.33 Å². The number of imidazole rings is 2. The molecule has 0 spiro atoms. The topological polar surface area (TPSA) is 97.8 Å². The molecule has 0 bridgehead atoms. The molecule has 0 unspecified atom stereocenters. The van der Waals surface area contributed by atoms with Crippen LogP contribution in [-0.4, -0.2) is 42.2 Å². The molecule has 5 aromatic rings. The number of hydrogen-bond acceptors (Lipinski definition) is 6. The number of hydrogen-bond donors (Lipinski definition) is 1. The molecule has 0 radical (unpaired) electrons. The highest BCUT2D eigenvalue weighted by Gasteiger charge is 2.27. The number of aromatic amines is 1. The molecule has 1 aliphatic heterocycles. The van der Waals surface area contributed by atoms with Crippen LogP contribution in [0.3, 0.4) is 0 Å². The number of anilines is 1. The third-order valence-electron chi connectivity index (χ3n) is 6.35. The molecule has 0 atom stereocenters. The van der Waals surface area contributed by atoms with Crippen LogP contribution in [0.15, 0.2) is 51.9 Å². The molecule has 1 aliphatic rings. The Morgan fingerprint density at radius 2 is 1.91 bits per heavy atom. The monoisotopic (exact) mass is 429 g/mol. The van der Waals surface area contributed by atoms with Crippen LogP contribution in [0.1, 0.15) is 24.6 Å². The van der Waals surface area contributed by atoms with Gasteiger partial charge in [-0.3, -0.25) is 4.57 Å². The van der Waals surface area contributed by atoms with Gasteiger partial charge in [0.1, 0.15) is 12.1 Å². The molecule has 32 heavy (non-hydrogen) atoms. The van der Waals surface area contributed by atoms with Gasteiger partial charge < -0.3 is 18.9 Å². The maximum Gasteiger partial charge on any atom is 0.326 e. The number of nitrogens with zero attached hydrogens (tertiary/aromatic N) is 6. The first kappa shape index (κ1) is 18.9. The van der Waals surface area contributed by atoms with E-state index in [1.807, 2.05) is 59.5 Å². The molecular formula is C23H23N7O2. The average molecular weight is 429 g/mol. The number of nitrogens with one attached hydrogen (secondary N) is 1. The minimum Gasteiger partial charge on any atom is -0.458 e. The van der Waals surface area contributed by atoms with Gasteiger partial charge in [-0.05, 0) is 44.0 Å². The first-order valence-electron chi connectivity index (χ1n) is 10.8. The number of aromatic nitrogens is 6. The largest absolute Gasteiger partial charge is 0.458 e. The van der Waals surface area contributed by atoms with Crippen LogP contribution < -0.4 is 10.6 Å². The number of piperidine rings is 1. The quantitative estimate of drug-likeness (QED) is 0.472. The van der Waals surface area contributed by atoms with Crippen molar-refractivity contribution in [1.82, 2.24) is 29.1 Å². The second kappa shape index (κ2) is 7.08. The predicted molar refractivity (Wildman–Crippen MR) is 122 cm³/mol. The van der Waals surface area contributed by atoms with Crippen LogP contribution in [0.25, 0.3) is 33.8 Å². The van der Waals surface area contributed by atoms with E-state index in [0.717, 1.165) is 65.5 Å². The fraction of sp³-hybridized carbons (Fsp3) is 0.304. The van der Waals surface area contributed by atoms with Gasteiger partial charge in [0, 0.05) is 26.2 Å². The molecule has 0 aliphatic carbocycles. The lowest BCUT2D eigenvalue weighted by Crippen LogP contribution is -2.37. The minimum absolute atomic E-state index is 0.0443. The van der Waals surface area contributed by atoms with Crippen molar-refractivity contribution >= 4 is 28.0 Å². The summed E-state index contributed by atoms with van der Waals surface area (Å²) in [5.74, 6) is 3.11. The van der Waals surface area contributed by atoms with Gasteiger partial charge in [-0.1, -0.05) is 12.1 Å². The summed E-state index contributed by atoms with van der Waals surface area (Å²) in [7, 11) is 1.94. The maximum atomic E-state index is 12.6. The number of aryl methyl sites for hydroxylation is 2. The highest BCUT2D eigenvalue weighted by atomic mass is 16.3. The number of furan rings is 1. The molecule has 1 N–H and O–H groups in total. The summed E-state index contributed by atoms with van der Waals surface area (Å²) in [4.78, 5) is 31.7. The summed E-state index contributed by atoms with van der Waals surface area (Å²) >= 11 is 0. The van der Waals surface area contributed by atoms with Crippen LogP contribution >= 0.6 is 0 Å². The molecule has 1 saturated heterocycles. The maximum absolute atomic E-state index is 12.6. The van der Waals surface area contributed by atoms with Gasteiger partial charge >= 0.3 is 5.69 Å². The molecule has 6 rings (SSSR count). The zero-order valence-corrected chi connectivity index (χ0v) is 17.9. The standard InChI is InChI=1S/C23H23N7O2/c1-14-7-8-18(32-14)20-27-19-21(28(20)2)24-13-25-22(19)29-11-9-15(10-12-29)30-17-6-4-3-5-16(17)26-23(30)31/h3-8,13,15H,9-12H2,1-2H3,(H,26,31). The van der Waals surface area contributed by atoms with E-state index in [2.05, 4.69) is 19.9 Å². The molecule has 5 heterocycles. The van der Waals surface area contributed by atoms with Crippen LogP contribution in [-0.2, 0) is 7.05 Å². The predicted octanol–water partition coefficient (Wildman–Crippen LogP) is 3.42. The van der Waals surface area contributed by atoms with Gasteiger partial charge in [0.15, 0.2) is 28.6 Å². The van der Waals surface area contributed by atoms with E-state index in [-0.39, 0.29) is 11.7 Å². The van der Waals surface area contributed by atoms with Crippen molar-refractivity contribution in [3.05, 3.63) is 59.0 Å². The zero-order chi connectivity index (χ0) is 21.8. The molecule has 0 amide bonds. The Balaban J connectivity index is 1.32. The molecular weight excluding hydrogens is 406 g/mol. The van der Waals surface area contributed by atoms with Crippen molar-refractivity contribution in [2.24, 2.45) is 7.05 Å². The van der Waals surface area contributed by atoms with Crippen molar-refractivity contribution in [1.29, 1.82) is 0 Å². The molecule has 1 aromatic carbocycles. The van der Waals surface area contributed by atoms with E-state index in [0.29, 0.717) is 5.76 Å². The summed E-state index contributed by atoms with van der Waals surface area (Å²) in [6.07, 6.45) is 3.29. The van der Waals surface area contributed by atoms with Gasteiger partial charge in [0.05, 0.1) is 11.0 Å². The Kier molecular flexibility index (Phi) is 4.17. The fourth-order valence-electron chi connectivity index (χ4n) is 4.77. The van der Waals surface area contributed by atoms with Crippen LogP contribution in [0.4, 0.5) is 5.82 Å². The van der Waals surface area contributed by atoms with Gasteiger partial charge in [-0.2, -0.15) is 0 Å². The Labute approximate surface area is 183 Å². The number of fused-ring (bicyclic) bond motifs is 2. The average Bonchev–Trinajstić information content (AvgIpc) is 3.48. The molecule has 9 nitrogen and oxygen atoms in total. The smallest absolute Gasteiger partial charge is 0.326 e. The first-order chi connectivity index (χ1) is 15.6. The molecule has 1 fully saturated rings. The first-order valence-corrected chi connectivity index (χ1v) is 10.8. The lowest BCUT2D eigenvalue weighted by Gasteiger charge is -2.33. The van der Waals surface area contributed by atoms with E-state index in [1.165, 1.54) is 0 Å². The number of benzene rings is 1. The lowest BCUT2D eigenvalue weighted by atomic mass is 10.0. The zero-order valence-electron chi connectivity index (χ0n) is 17.9. The van der Waals surface area contributed by atoms with Gasteiger partial charge in [-0.15, -0.1) is 0 Å². The summed E-state index contributed by atoms with van der Waals surface area (Å²) in [5, 5.41) is 0. The number of rotatable bonds is 3. The highest BCUT2D eigenvalue weighted by Crippen LogP contribution is 2.32. The number of para-hydroxylation sites is 2. The van der Waals surface area contributed by atoms with E-state index >= 15 is 0 Å². The highest BCUT2D eigenvalue weighted by molar-refractivity contribution is 5.86. The summed E-state index contributed by atoms with van der Waals surface area (Å²) in [5.41, 5.74) is 3.34. The van der Waals surface area contributed by atoms with Crippen molar-refractivity contribution in [3.63, 3.8) is 0 Å². The Morgan fingerprint density at radius 3 is 2.69 bits per heavy atom. The van der Waals surface area contributed by atoms with Crippen LogP contribution in [0.2, 0.25) is 0 Å². The van der Waals surface area contributed by atoms with E-state index < -0.39 is 0 Å². The van der Waals surface area contributed by atoms with Gasteiger partial charge in [0.25, 0.3) is 0 Å². The summed E-state index contributed by atoms with van der Waals surface area (Å²) < 4.78 is 9.63. The second-order valence-corrected chi connectivity index (χ2v) is 8.31. The van der Waals surface area contributed by atoms with Crippen molar-refractivity contribution < 1.29 is 4.42 Å². The van der Waals surface area contributed by atoms with Gasteiger partial charge in [0.2, 0.25) is 0 Å². The summed E-state index contributed by atoms with van der Waals surface area (Å²) in [6, 6.07) is 11.9. The Bertz CT molecular complexity index is 1500. The third-order valence-corrected chi connectivity index (χ3v) is 6.35. The summed E-state index contributed by atoms with van der Waals surface area (Å²) in [6.45, 7) is 3.49. The SMILES string of the molecule is Cc1ccc(-c2nc3c(N4CCC(n5c(=O)[nH]c6ccccc65)CC4)ncnc3n2C)o1. The van der Waals surface area contributed by atoms with Crippen molar-refractivity contribution in [2.75, 3.05) is 18.0 Å². The Hall–Kier alpha value is -3.88. The number of H-pyrrole nitrogens is 1. The van der Waals surface area contributed by atoms with Crippen molar-refractivity contribution in [3.8, 4) is 11.6 Å². The normalized spacial score (nSPS) is 15.2. The molecule has 0 saturated carbocycles.